The number of nitrogens with one attached hydrogen (secondary N) is 2. The van der Waals surface area contributed by atoms with Crippen molar-refractivity contribution in [2.45, 2.75) is 32.7 Å². The highest BCUT2D eigenvalue weighted by atomic mass is 19.1. The third-order valence-electron chi connectivity index (χ3n) is 5.97. The standard InChI is InChI=1S/C25H32F2N4O2/c1-3-30-13-15-31(16-14-30)23-11-10-21(27)17-22(23)18(2)29-24(32)5-4-12-28-25(33)19-6-8-20(26)9-7-19/h6-11,17-18H,3-5,12-16H2,1-2H3,(H,28,33)(H,29,32). The molecule has 0 aliphatic carbocycles. The number of rotatable bonds is 9. The van der Waals surface area contributed by atoms with Gasteiger partial charge in [-0.2, -0.15) is 0 Å². The highest BCUT2D eigenvalue weighted by Crippen LogP contribution is 2.28. The molecule has 6 nitrogen and oxygen atoms in total. The van der Waals surface area contributed by atoms with Crippen molar-refractivity contribution in [3.63, 3.8) is 0 Å². The zero-order valence-electron chi connectivity index (χ0n) is 19.2. The lowest BCUT2D eigenvalue weighted by atomic mass is 10.0. The number of halogens is 2. The first kappa shape index (κ1) is 24.6. The van der Waals surface area contributed by atoms with Crippen LogP contribution in [-0.4, -0.2) is 56.0 Å². The molecule has 1 aliphatic heterocycles. The second kappa shape index (κ2) is 11.7. The number of carbonyl (C=O) groups excluding carboxylic acids is 2. The predicted molar refractivity (Wildman–Crippen MR) is 125 cm³/mol. The Labute approximate surface area is 194 Å². The molecule has 33 heavy (non-hydrogen) atoms. The average molecular weight is 459 g/mol. The summed E-state index contributed by atoms with van der Waals surface area (Å²) in [4.78, 5) is 29.1. The Morgan fingerprint density at radius 3 is 2.33 bits per heavy atom. The number of piperazine rings is 1. The van der Waals surface area contributed by atoms with E-state index in [1.54, 1.807) is 6.07 Å². The second-order valence-corrected chi connectivity index (χ2v) is 8.28. The van der Waals surface area contributed by atoms with Crippen molar-refractivity contribution in [2.75, 3.05) is 44.2 Å². The molecule has 0 spiro atoms. The van der Waals surface area contributed by atoms with Crippen LogP contribution in [0, 0.1) is 11.6 Å². The van der Waals surface area contributed by atoms with Crippen LogP contribution in [0.5, 0.6) is 0 Å². The largest absolute Gasteiger partial charge is 0.369 e. The monoisotopic (exact) mass is 458 g/mol. The van der Waals surface area contributed by atoms with Crippen LogP contribution in [0.15, 0.2) is 42.5 Å². The smallest absolute Gasteiger partial charge is 0.251 e. The van der Waals surface area contributed by atoms with Crippen LogP contribution >= 0.6 is 0 Å². The molecule has 1 saturated heterocycles. The molecule has 0 bridgehead atoms. The molecule has 2 aromatic carbocycles. The van der Waals surface area contributed by atoms with Crippen LogP contribution in [0.25, 0.3) is 0 Å². The van der Waals surface area contributed by atoms with Crippen LogP contribution in [0.3, 0.4) is 0 Å². The summed E-state index contributed by atoms with van der Waals surface area (Å²) in [6.45, 7) is 8.97. The highest BCUT2D eigenvalue weighted by Gasteiger charge is 2.21. The maximum Gasteiger partial charge on any atom is 0.251 e. The Balaban J connectivity index is 1.49. The summed E-state index contributed by atoms with van der Waals surface area (Å²) < 4.78 is 27.0. The molecule has 0 aromatic heterocycles. The lowest BCUT2D eigenvalue weighted by Gasteiger charge is -2.37. The van der Waals surface area contributed by atoms with Crippen molar-refractivity contribution in [2.24, 2.45) is 0 Å². The van der Waals surface area contributed by atoms with Crippen molar-refractivity contribution in [1.82, 2.24) is 15.5 Å². The SMILES string of the molecule is CCN1CCN(c2ccc(F)cc2C(C)NC(=O)CCCNC(=O)c2ccc(F)cc2)CC1. The molecule has 0 radical (unpaired) electrons. The van der Waals surface area contributed by atoms with E-state index < -0.39 is 5.82 Å². The first-order chi connectivity index (χ1) is 15.9. The van der Waals surface area contributed by atoms with Gasteiger partial charge >= 0.3 is 0 Å². The van der Waals surface area contributed by atoms with Gasteiger partial charge in [-0.3, -0.25) is 9.59 Å². The molecule has 178 valence electrons. The van der Waals surface area contributed by atoms with E-state index in [1.165, 1.54) is 36.4 Å². The van der Waals surface area contributed by atoms with E-state index in [0.717, 1.165) is 44.0 Å². The quantitative estimate of drug-likeness (QED) is 0.565. The molecule has 1 heterocycles. The van der Waals surface area contributed by atoms with E-state index in [2.05, 4.69) is 27.4 Å². The third kappa shape index (κ3) is 6.99. The number of benzene rings is 2. The predicted octanol–water partition coefficient (Wildman–Crippen LogP) is 3.49. The zero-order chi connectivity index (χ0) is 23.8. The molecule has 2 amide bonds. The van der Waals surface area contributed by atoms with Gasteiger partial charge in [0.05, 0.1) is 6.04 Å². The van der Waals surface area contributed by atoms with Gasteiger partial charge in [-0.15, -0.1) is 0 Å². The Morgan fingerprint density at radius 1 is 1.00 bits per heavy atom. The molecule has 1 unspecified atom stereocenters. The van der Waals surface area contributed by atoms with E-state index in [9.17, 15) is 18.4 Å². The molecular formula is C25H32F2N4O2. The topological polar surface area (TPSA) is 64.7 Å². The van der Waals surface area contributed by atoms with Crippen LogP contribution < -0.4 is 15.5 Å². The number of likely N-dealkylation sites (N-methyl/N-ethyl adjacent to an activating group) is 1. The lowest BCUT2D eigenvalue weighted by molar-refractivity contribution is -0.121. The molecule has 3 rings (SSSR count). The fourth-order valence-corrected chi connectivity index (χ4v) is 4.01. The number of carbonyl (C=O) groups is 2. The van der Waals surface area contributed by atoms with Gasteiger partial charge in [-0.05, 0) is 62.4 Å². The minimum atomic E-state index is -0.401. The number of hydrogen-bond acceptors (Lipinski definition) is 4. The Bertz CT molecular complexity index is 944. The van der Waals surface area contributed by atoms with Crippen LogP contribution in [0.2, 0.25) is 0 Å². The van der Waals surface area contributed by atoms with Crippen molar-refractivity contribution < 1.29 is 18.4 Å². The minimum Gasteiger partial charge on any atom is -0.369 e. The number of hydrogen-bond donors (Lipinski definition) is 2. The van der Waals surface area contributed by atoms with Crippen molar-refractivity contribution in [3.05, 3.63) is 65.2 Å². The van der Waals surface area contributed by atoms with Gasteiger partial charge in [0, 0.05) is 56.0 Å². The summed E-state index contributed by atoms with van der Waals surface area (Å²) in [5, 5.41) is 5.68. The Kier molecular flexibility index (Phi) is 8.77. The summed E-state index contributed by atoms with van der Waals surface area (Å²) in [6, 6.07) is 9.69. The van der Waals surface area contributed by atoms with Crippen LogP contribution in [0.4, 0.5) is 14.5 Å². The number of nitrogens with zero attached hydrogens (tertiary/aromatic N) is 2. The summed E-state index contributed by atoms with van der Waals surface area (Å²) in [5.41, 5.74) is 2.08. The van der Waals surface area contributed by atoms with Gasteiger partial charge in [0.1, 0.15) is 11.6 Å². The third-order valence-corrected chi connectivity index (χ3v) is 5.97. The lowest BCUT2D eigenvalue weighted by Crippen LogP contribution is -2.46. The molecule has 1 atom stereocenters. The summed E-state index contributed by atoms with van der Waals surface area (Å²) in [6.07, 6.45) is 0.689. The normalized spacial score (nSPS) is 15.2. The van der Waals surface area contributed by atoms with Gasteiger partial charge in [-0.1, -0.05) is 6.92 Å². The average Bonchev–Trinajstić information content (AvgIpc) is 2.82. The van der Waals surface area contributed by atoms with Gasteiger partial charge in [0.25, 0.3) is 5.91 Å². The molecule has 1 aliphatic rings. The maximum absolute atomic E-state index is 14.0. The molecule has 0 saturated carbocycles. The summed E-state index contributed by atoms with van der Waals surface area (Å²) in [7, 11) is 0. The highest BCUT2D eigenvalue weighted by molar-refractivity contribution is 5.94. The van der Waals surface area contributed by atoms with E-state index in [-0.39, 0.29) is 30.1 Å². The van der Waals surface area contributed by atoms with E-state index in [4.69, 9.17) is 0 Å². The van der Waals surface area contributed by atoms with Gasteiger partial charge in [0.2, 0.25) is 5.91 Å². The Hall–Kier alpha value is -3.00. The molecule has 2 aromatic rings. The van der Waals surface area contributed by atoms with Gasteiger partial charge < -0.3 is 20.4 Å². The number of amides is 2. The van der Waals surface area contributed by atoms with Crippen LogP contribution in [-0.2, 0) is 4.79 Å². The number of anilines is 1. The molecular weight excluding hydrogens is 426 g/mol. The van der Waals surface area contributed by atoms with Crippen LogP contribution in [0.1, 0.15) is 48.7 Å². The van der Waals surface area contributed by atoms with E-state index in [1.807, 2.05) is 6.92 Å². The van der Waals surface area contributed by atoms with Crippen molar-refractivity contribution in [3.8, 4) is 0 Å². The van der Waals surface area contributed by atoms with Crippen molar-refractivity contribution in [1.29, 1.82) is 0 Å². The zero-order valence-corrected chi connectivity index (χ0v) is 19.2. The molecule has 2 N–H and O–H groups in total. The van der Waals surface area contributed by atoms with Gasteiger partial charge in [0.15, 0.2) is 0 Å². The first-order valence-electron chi connectivity index (χ1n) is 11.5. The second-order valence-electron chi connectivity index (χ2n) is 8.28. The van der Waals surface area contributed by atoms with E-state index >= 15 is 0 Å². The van der Waals surface area contributed by atoms with Crippen molar-refractivity contribution >= 4 is 17.5 Å². The summed E-state index contributed by atoms with van der Waals surface area (Å²) in [5.74, 6) is -1.20. The molecule has 1 fully saturated rings. The summed E-state index contributed by atoms with van der Waals surface area (Å²) >= 11 is 0. The van der Waals surface area contributed by atoms with E-state index in [0.29, 0.717) is 18.5 Å². The fraction of sp³-hybridized carbons (Fsp3) is 0.440. The van der Waals surface area contributed by atoms with Gasteiger partial charge in [-0.25, -0.2) is 8.78 Å². The fourth-order valence-electron chi connectivity index (χ4n) is 4.01. The Morgan fingerprint density at radius 2 is 1.67 bits per heavy atom. The molecule has 8 heteroatoms. The first-order valence-corrected chi connectivity index (χ1v) is 11.5. The minimum absolute atomic E-state index is 0.162. The maximum atomic E-state index is 14.0.